The molecule has 1 saturated carbocycles. The summed E-state index contributed by atoms with van der Waals surface area (Å²) >= 11 is 6.13. The van der Waals surface area contributed by atoms with Crippen molar-refractivity contribution in [2.45, 2.75) is 38.3 Å². The summed E-state index contributed by atoms with van der Waals surface area (Å²) in [5, 5.41) is 15.9. The van der Waals surface area contributed by atoms with Crippen molar-refractivity contribution >= 4 is 17.5 Å². The van der Waals surface area contributed by atoms with Crippen LogP contribution in [-0.4, -0.2) is 18.0 Å². The number of hydrogen-bond acceptors (Lipinski definition) is 3. The standard InChI is InChI=1S/C16H20ClN3O/c1-11(13-5-3-4-6-14(13)17)19-9-15(21)20-16(2,10-18)12-7-8-12/h3-6,11-12,19H,7-9H2,1-2H3,(H,20,21)/t11-,16+/m0/s1. The number of rotatable bonds is 6. The predicted molar refractivity (Wildman–Crippen MR) is 82.8 cm³/mol. The van der Waals surface area contributed by atoms with Gasteiger partial charge in [-0.25, -0.2) is 0 Å². The second kappa shape index (κ2) is 6.46. The van der Waals surface area contributed by atoms with Crippen LogP contribution in [-0.2, 0) is 4.79 Å². The molecule has 2 rings (SSSR count). The number of carbonyl (C=O) groups excluding carboxylic acids is 1. The van der Waals surface area contributed by atoms with Crippen molar-refractivity contribution in [1.29, 1.82) is 5.26 Å². The fourth-order valence-electron chi connectivity index (χ4n) is 2.40. The van der Waals surface area contributed by atoms with Crippen LogP contribution in [0.4, 0.5) is 0 Å². The summed E-state index contributed by atoms with van der Waals surface area (Å²) in [5.41, 5.74) is 0.212. The molecule has 1 aliphatic rings. The van der Waals surface area contributed by atoms with E-state index in [0.29, 0.717) is 5.02 Å². The maximum absolute atomic E-state index is 12.0. The molecule has 0 aromatic heterocycles. The fourth-order valence-corrected chi connectivity index (χ4v) is 2.70. The van der Waals surface area contributed by atoms with Crippen molar-refractivity contribution in [3.05, 3.63) is 34.9 Å². The van der Waals surface area contributed by atoms with E-state index in [4.69, 9.17) is 11.6 Å². The Balaban J connectivity index is 1.87. The molecule has 2 N–H and O–H groups in total. The first-order valence-corrected chi connectivity index (χ1v) is 7.54. The number of benzene rings is 1. The molecule has 1 amide bonds. The van der Waals surface area contributed by atoms with Gasteiger partial charge in [0, 0.05) is 11.1 Å². The van der Waals surface area contributed by atoms with Crippen LogP contribution in [0.5, 0.6) is 0 Å². The summed E-state index contributed by atoms with van der Waals surface area (Å²) in [5.74, 6) is 0.122. The maximum atomic E-state index is 12.0. The van der Waals surface area contributed by atoms with Gasteiger partial charge in [0.2, 0.25) is 5.91 Å². The lowest BCUT2D eigenvalue weighted by molar-refractivity contribution is -0.121. The summed E-state index contributed by atoms with van der Waals surface area (Å²) < 4.78 is 0. The Morgan fingerprint density at radius 2 is 2.19 bits per heavy atom. The monoisotopic (exact) mass is 305 g/mol. The quantitative estimate of drug-likeness (QED) is 0.849. The predicted octanol–water partition coefficient (Wildman–Crippen LogP) is 2.80. The van der Waals surface area contributed by atoms with E-state index in [0.717, 1.165) is 18.4 Å². The Labute approximate surface area is 130 Å². The minimum atomic E-state index is -0.744. The number of amides is 1. The molecule has 4 nitrogen and oxygen atoms in total. The molecule has 0 bridgehead atoms. The van der Waals surface area contributed by atoms with Crippen LogP contribution < -0.4 is 10.6 Å². The molecular formula is C16H20ClN3O. The van der Waals surface area contributed by atoms with Crippen LogP contribution in [0, 0.1) is 17.2 Å². The van der Waals surface area contributed by atoms with Gasteiger partial charge in [0.25, 0.3) is 0 Å². The molecule has 0 saturated heterocycles. The third kappa shape index (κ3) is 3.96. The topological polar surface area (TPSA) is 64.9 Å². The van der Waals surface area contributed by atoms with Crippen molar-refractivity contribution in [3.63, 3.8) is 0 Å². The summed E-state index contributed by atoms with van der Waals surface area (Å²) in [6.45, 7) is 3.91. The Morgan fingerprint density at radius 3 is 2.76 bits per heavy atom. The number of nitrogens with zero attached hydrogens (tertiary/aromatic N) is 1. The van der Waals surface area contributed by atoms with E-state index < -0.39 is 5.54 Å². The smallest absolute Gasteiger partial charge is 0.235 e. The lowest BCUT2D eigenvalue weighted by Crippen LogP contribution is -2.49. The number of carbonyl (C=O) groups is 1. The van der Waals surface area contributed by atoms with Gasteiger partial charge in [0.15, 0.2) is 0 Å². The van der Waals surface area contributed by atoms with Gasteiger partial charge in [-0.15, -0.1) is 0 Å². The van der Waals surface area contributed by atoms with Gasteiger partial charge < -0.3 is 10.6 Å². The molecule has 5 heteroatoms. The second-order valence-electron chi connectivity index (χ2n) is 5.76. The second-order valence-corrected chi connectivity index (χ2v) is 6.17. The molecule has 0 aliphatic heterocycles. The minimum absolute atomic E-state index is 0.0290. The highest BCUT2D eigenvalue weighted by atomic mass is 35.5. The Hall–Kier alpha value is -1.57. The molecule has 21 heavy (non-hydrogen) atoms. The van der Waals surface area contributed by atoms with E-state index in [1.165, 1.54) is 0 Å². The van der Waals surface area contributed by atoms with Crippen LogP contribution in [0.25, 0.3) is 0 Å². The van der Waals surface area contributed by atoms with Gasteiger partial charge in [0.05, 0.1) is 12.6 Å². The summed E-state index contributed by atoms with van der Waals surface area (Å²) in [7, 11) is 0. The largest absolute Gasteiger partial charge is 0.337 e. The SMILES string of the molecule is C[C@H](NCC(=O)N[C@](C)(C#N)C1CC1)c1ccccc1Cl. The first-order chi connectivity index (χ1) is 9.96. The lowest BCUT2D eigenvalue weighted by atomic mass is 9.98. The van der Waals surface area contributed by atoms with Gasteiger partial charge in [-0.1, -0.05) is 29.8 Å². The first-order valence-electron chi connectivity index (χ1n) is 7.16. The molecule has 1 aliphatic carbocycles. The highest BCUT2D eigenvalue weighted by Gasteiger charge is 2.42. The van der Waals surface area contributed by atoms with E-state index in [9.17, 15) is 10.1 Å². The van der Waals surface area contributed by atoms with E-state index in [1.54, 1.807) is 6.92 Å². The lowest BCUT2D eigenvalue weighted by Gasteiger charge is -2.23. The van der Waals surface area contributed by atoms with Gasteiger partial charge >= 0.3 is 0 Å². The number of halogens is 1. The van der Waals surface area contributed by atoms with Crippen LogP contribution in [0.3, 0.4) is 0 Å². The van der Waals surface area contributed by atoms with Crippen molar-refractivity contribution in [3.8, 4) is 6.07 Å². The zero-order valence-corrected chi connectivity index (χ0v) is 13.1. The summed E-state index contributed by atoms with van der Waals surface area (Å²) in [4.78, 5) is 12.0. The Morgan fingerprint density at radius 1 is 1.52 bits per heavy atom. The number of hydrogen-bond donors (Lipinski definition) is 2. The molecule has 1 aromatic rings. The van der Waals surface area contributed by atoms with Gasteiger partial charge in [-0.05, 0) is 44.2 Å². The average molecular weight is 306 g/mol. The molecule has 0 spiro atoms. The number of nitrogens with one attached hydrogen (secondary N) is 2. The van der Waals surface area contributed by atoms with Crippen molar-refractivity contribution in [1.82, 2.24) is 10.6 Å². The third-order valence-corrected chi connectivity index (χ3v) is 4.31. The van der Waals surface area contributed by atoms with Gasteiger partial charge in [-0.3, -0.25) is 4.79 Å². The molecule has 1 aromatic carbocycles. The van der Waals surface area contributed by atoms with Crippen LogP contribution in [0.15, 0.2) is 24.3 Å². The molecule has 112 valence electrons. The van der Waals surface area contributed by atoms with Gasteiger partial charge in [-0.2, -0.15) is 5.26 Å². The maximum Gasteiger partial charge on any atom is 0.235 e. The fraction of sp³-hybridized carbons (Fsp3) is 0.500. The summed E-state index contributed by atoms with van der Waals surface area (Å²) in [6.07, 6.45) is 2.02. The van der Waals surface area contributed by atoms with E-state index in [2.05, 4.69) is 16.7 Å². The normalized spacial score (nSPS) is 18.4. The summed E-state index contributed by atoms with van der Waals surface area (Å²) in [6, 6.07) is 9.74. The molecule has 0 heterocycles. The zero-order chi connectivity index (χ0) is 15.5. The number of nitriles is 1. The highest BCUT2D eigenvalue weighted by molar-refractivity contribution is 6.31. The van der Waals surface area contributed by atoms with E-state index in [-0.39, 0.29) is 24.4 Å². The van der Waals surface area contributed by atoms with Crippen molar-refractivity contribution in [2.75, 3.05) is 6.54 Å². The minimum Gasteiger partial charge on any atom is -0.337 e. The molecule has 0 unspecified atom stereocenters. The highest BCUT2D eigenvalue weighted by Crippen LogP contribution is 2.39. The molecule has 1 fully saturated rings. The molecule has 2 atom stereocenters. The average Bonchev–Trinajstić information content (AvgIpc) is 3.30. The Bertz CT molecular complexity index is 565. The van der Waals surface area contributed by atoms with Gasteiger partial charge in [0.1, 0.15) is 5.54 Å². The van der Waals surface area contributed by atoms with Crippen molar-refractivity contribution in [2.24, 2.45) is 5.92 Å². The van der Waals surface area contributed by atoms with Crippen LogP contribution >= 0.6 is 11.6 Å². The van der Waals surface area contributed by atoms with E-state index >= 15 is 0 Å². The molecular weight excluding hydrogens is 286 g/mol. The van der Waals surface area contributed by atoms with Crippen LogP contribution in [0.2, 0.25) is 5.02 Å². The Kier molecular flexibility index (Phi) is 4.87. The zero-order valence-electron chi connectivity index (χ0n) is 12.3. The third-order valence-electron chi connectivity index (χ3n) is 3.97. The molecule has 0 radical (unpaired) electrons. The van der Waals surface area contributed by atoms with Crippen LogP contribution in [0.1, 0.15) is 38.3 Å². The van der Waals surface area contributed by atoms with E-state index in [1.807, 2.05) is 31.2 Å². The first kappa shape index (κ1) is 15.8. The van der Waals surface area contributed by atoms with Crippen molar-refractivity contribution < 1.29 is 4.79 Å².